The van der Waals surface area contributed by atoms with E-state index in [0.29, 0.717) is 31.2 Å². The number of methoxy groups -OCH3 is 2. The molecule has 0 saturated carbocycles. The lowest BCUT2D eigenvalue weighted by atomic mass is 10.1. The summed E-state index contributed by atoms with van der Waals surface area (Å²) in [6, 6.07) is 3.58. The standard InChI is InChI=1S/C17H26N2O4S.ClH/c1-11-16(18-6-7-23-11)17(20)19(2)10-12-8-13(21-3)14(22-4)9-15(12)24-5;/h8-9,11,16,18H,6-7,10H2,1-5H3;1H/t11-,16+;/m1./s1. The van der Waals surface area contributed by atoms with Gasteiger partial charge in [0.15, 0.2) is 11.5 Å². The third-order valence-electron chi connectivity index (χ3n) is 4.15. The first-order valence-corrected chi connectivity index (χ1v) is 9.13. The fourth-order valence-electron chi connectivity index (χ4n) is 2.80. The van der Waals surface area contributed by atoms with E-state index in [9.17, 15) is 4.79 Å². The van der Waals surface area contributed by atoms with E-state index in [4.69, 9.17) is 14.2 Å². The molecule has 1 saturated heterocycles. The number of morpholine rings is 1. The van der Waals surface area contributed by atoms with Gasteiger partial charge in [0.2, 0.25) is 5.91 Å². The minimum absolute atomic E-state index is 0. The first-order chi connectivity index (χ1) is 11.5. The second-order valence-corrected chi connectivity index (χ2v) is 6.57. The summed E-state index contributed by atoms with van der Waals surface area (Å²) >= 11 is 1.62. The number of carbonyl (C=O) groups excluding carboxylic acids is 1. The van der Waals surface area contributed by atoms with Crippen molar-refractivity contribution in [3.8, 4) is 11.5 Å². The van der Waals surface area contributed by atoms with Crippen LogP contribution in [0.1, 0.15) is 12.5 Å². The zero-order valence-corrected chi connectivity index (χ0v) is 17.0. The molecule has 25 heavy (non-hydrogen) atoms. The molecule has 1 aromatic rings. The van der Waals surface area contributed by atoms with Crippen molar-refractivity contribution in [1.29, 1.82) is 0 Å². The Morgan fingerprint density at radius 2 is 2.00 bits per heavy atom. The first-order valence-electron chi connectivity index (χ1n) is 7.90. The molecule has 1 aliphatic rings. The molecule has 1 fully saturated rings. The molecule has 1 amide bonds. The van der Waals surface area contributed by atoms with Gasteiger partial charge in [0.25, 0.3) is 0 Å². The van der Waals surface area contributed by atoms with E-state index in [1.807, 2.05) is 32.4 Å². The molecule has 2 rings (SSSR count). The number of benzene rings is 1. The third-order valence-corrected chi connectivity index (χ3v) is 4.97. The maximum Gasteiger partial charge on any atom is 0.242 e. The largest absolute Gasteiger partial charge is 0.493 e. The number of hydrogen-bond donors (Lipinski definition) is 1. The van der Waals surface area contributed by atoms with Crippen LogP contribution in [0.5, 0.6) is 11.5 Å². The highest BCUT2D eigenvalue weighted by molar-refractivity contribution is 7.98. The Kier molecular flexibility index (Phi) is 8.85. The molecule has 1 N–H and O–H groups in total. The van der Waals surface area contributed by atoms with Gasteiger partial charge in [0.05, 0.1) is 26.9 Å². The number of nitrogens with one attached hydrogen (secondary N) is 1. The van der Waals surface area contributed by atoms with E-state index < -0.39 is 0 Å². The minimum atomic E-state index is -0.304. The van der Waals surface area contributed by atoms with Crippen molar-refractivity contribution in [1.82, 2.24) is 10.2 Å². The molecule has 0 aromatic heterocycles. The Bertz CT molecular complexity index is 588. The topological polar surface area (TPSA) is 60.0 Å². The van der Waals surface area contributed by atoms with Crippen LogP contribution in [0.3, 0.4) is 0 Å². The van der Waals surface area contributed by atoms with Crippen LogP contribution in [0.15, 0.2) is 17.0 Å². The van der Waals surface area contributed by atoms with Crippen LogP contribution in [0.4, 0.5) is 0 Å². The van der Waals surface area contributed by atoms with Gasteiger partial charge in [-0.3, -0.25) is 4.79 Å². The average molecular weight is 391 g/mol. The number of carbonyl (C=O) groups is 1. The number of hydrogen-bond acceptors (Lipinski definition) is 6. The second kappa shape index (κ2) is 10.1. The smallest absolute Gasteiger partial charge is 0.242 e. The van der Waals surface area contributed by atoms with E-state index in [1.54, 1.807) is 30.9 Å². The number of halogens is 1. The van der Waals surface area contributed by atoms with Crippen molar-refractivity contribution in [3.05, 3.63) is 17.7 Å². The molecule has 8 heteroatoms. The zero-order chi connectivity index (χ0) is 17.7. The maximum absolute atomic E-state index is 12.7. The normalized spacial score (nSPS) is 19.7. The van der Waals surface area contributed by atoms with Crippen LogP contribution in [0.25, 0.3) is 0 Å². The number of ether oxygens (including phenoxy) is 3. The number of amides is 1. The van der Waals surface area contributed by atoms with Crippen LogP contribution < -0.4 is 14.8 Å². The lowest BCUT2D eigenvalue weighted by Crippen LogP contribution is -2.55. The third kappa shape index (κ3) is 5.17. The monoisotopic (exact) mass is 390 g/mol. The Morgan fingerprint density at radius 3 is 2.56 bits per heavy atom. The Morgan fingerprint density at radius 1 is 1.36 bits per heavy atom. The van der Waals surface area contributed by atoms with Crippen LogP contribution >= 0.6 is 24.2 Å². The fraction of sp³-hybridized carbons (Fsp3) is 0.588. The molecule has 2 atom stereocenters. The van der Waals surface area contributed by atoms with Gasteiger partial charge in [-0.1, -0.05) is 0 Å². The summed E-state index contributed by atoms with van der Waals surface area (Å²) in [6.45, 7) is 3.76. The van der Waals surface area contributed by atoms with Gasteiger partial charge < -0.3 is 24.4 Å². The zero-order valence-electron chi connectivity index (χ0n) is 15.3. The van der Waals surface area contributed by atoms with E-state index in [-0.39, 0.29) is 30.5 Å². The molecule has 1 aromatic carbocycles. The quantitative estimate of drug-likeness (QED) is 0.751. The van der Waals surface area contributed by atoms with Crippen molar-refractivity contribution in [2.24, 2.45) is 0 Å². The van der Waals surface area contributed by atoms with Gasteiger partial charge in [0.1, 0.15) is 6.04 Å². The summed E-state index contributed by atoms with van der Waals surface area (Å²) in [5.74, 6) is 1.39. The van der Waals surface area contributed by atoms with Gasteiger partial charge >= 0.3 is 0 Å². The van der Waals surface area contributed by atoms with Crippen molar-refractivity contribution in [3.63, 3.8) is 0 Å². The van der Waals surface area contributed by atoms with Gasteiger partial charge in [-0.05, 0) is 30.9 Å². The molecule has 0 bridgehead atoms. The number of likely N-dealkylation sites (N-methyl/N-ethyl adjacent to an activating group) is 1. The predicted molar refractivity (Wildman–Crippen MR) is 102 cm³/mol. The minimum Gasteiger partial charge on any atom is -0.493 e. The second-order valence-electron chi connectivity index (χ2n) is 5.72. The van der Waals surface area contributed by atoms with Crippen molar-refractivity contribution in [2.75, 3.05) is 40.7 Å². The van der Waals surface area contributed by atoms with Crippen LogP contribution in [-0.2, 0) is 16.1 Å². The highest BCUT2D eigenvalue weighted by atomic mass is 35.5. The molecular formula is C17H27ClN2O4S. The number of thioether (sulfide) groups is 1. The van der Waals surface area contributed by atoms with Gasteiger partial charge in [-0.25, -0.2) is 0 Å². The summed E-state index contributed by atoms with van der Waals surface area (Å²) in [5.41, 5.74) is 1.03. The Labute approximate surface area is 160 Å². The van der Waals surface area contributed by atoms with Gasteiger partial charge in [-0.2, -0.15) is 0 Å². The summed E-state index contributed by atoms with van der Waals surface area (Å²) in [6.07, 6.45) is 1.88. The fourth-order valence-corrected chi connectivity index (χ4v) is 3.41. The molecular weight excluding hydrogens is 364 g/mol. The SMILES string of the molecule is COc1cc(CN(C)C(=O)[C@H]2NCCO[C@@H]2C)c(SC)cc1OC.Cl. The number of nitrogens with zero attached hydrogens (tertiary/aromatic N) is 1. The molecule has 1 heterocycles. The average Bonchev–Trinajstić information content (AvgIpc) is 2.61. The lowest BCUT2D eigenvalue weighted by molar-refractivity contribution is -0.138. The van der Waals surface area contributed by atoms with Crippen LogP contribution in [0.2, 0.25) is 0 Å². The number of rotatable bonds is 6. The molecule has 0 aliphatic carbocycles. The molecule has 0 unspecified atom stereocenters. The lowest BCUT2D eigenvalue weighted by Gasteiger charge is -2.32. The summed E-state index contributed by atoms with van der Waals surface area (Å²) in [5, 5.41) is 3.24. The van der Waals surface area contributed by atoms with Gasteiger partial charge in [0, 0.05) is 25.0 Å². The highest BCUT2D eigenvalue weighted by Crippen LogP contribution is 2.35. The molecule has 6 nitrogen and oxygen atoms in total. The van der Waals surface area contributed by atoms with Crippen molar-refractivity contribution >= 4 is 30.1 Å². The first kappa shape index (κ1) is 21.9. The maximum atomic E-state index is 12.7. The summed E-state index contributed by atoms with van der Waals surface area (Å²) in [4.78, 5) is 15.5. The van der Waals surface area contributed by atoms with Crippen LogP contribution in [-0.4, -0.2) is 63.6 Å². The highest BCUT2D eigenvalue weighted by Gasteiger charge is 2.30. The van der Waals surface area contributed by atoms with E-state index in [0.717, 1.165) is 10.5 Å². The Balaban J connectivity index is 0.00000312. The Hall–Kier alpha value is -1.15. The van der Waals surface area contributed by atoms with Crippen LogP contribution in [0, 0.1) is 0 Å². The predicted octanol–water partition coefficient (Wildman–Crippen LogP) is 2.18. The summed E-state index contributed by atoms with van der Waals surface area (Å²) < 4.78 is 16.3. The molecule has 142 valence electrons. The molecule has 1 aliphatic heterocycles. The van der Waals surface area contributed by atoms with Gasteiger partial charge in [-0.15, -0.1) is 24.2 Å². The van der Waals surface area contributed by atoms with Crippen molar-refractivity contribution in [2.45, 2.75) is 30.5 Å². The molecule has 0 radical (unpaired) electrons. The molecule has 0 spiro atoms. The summed E-state index contributed by atoms with van der Waals surface area (Å²) in [7, 11) is 5.04. The van der Waals surface area contributed by atoms with E-state index in [1.165, 1.54) is 0 Å². The van der Waals surface area contributed by atoms with E-state index in [2.05, 4.69) is 5.32 Å². The van der Waals surface area contributed by atoms with E-state index >= 15 is 0 Å². The van der Waals surface area contributed by atoms with Crippen molar-refractivity contribution < 1.29 is 19.0 Å².